The minimum atomic E-state index is -2.86. The molecule has 2 fully saturated rings. The molecule has 0 spiro atoms. The lowest BCUT2D eigenvalue weighted by Crippen LogP contribution is -2.44. The number of hydrogen-bond acceptors (Lipinski definition) is 5. The van der Waals surface area contributed by atoms with Crippen LogP contribution in [0.5, 0.6) is 0 Å². The number of sulfone groups is 1. The summed E-state index contributed by atoms with van der Waals surface area (Å²) in [6.45, 7) is 2.08. The SMILES string of the molecule is NC(=O)C(CCN1CCCS(=O)(=O)CC1)NC1CC1. The van der Waals surface area contributed by atoms with Gasteiger partial charge in [-0.3, -0.25) is 4.79 Å². The number of carbonyl (C=O) groups excluding carboxylic acids is 1. The van der Waals surface area contributed by atoms with Crippen LogP contribution in [0.2, 0.25) is 0 Å². The maximum absolute atomic E-state index is 11.5. The first-order valence-electron chi connectivity index (χ1n) is 6.94. The van der Waals surface area contributed by atoms with Gasteiger partial charge in [-0.1, -0.05) is 0 Å². The summed E-state index contributed by atoms with van der Waals surface area (Å²) in [7, 11) is -2.86. The molecule has 2 aliphatic rings. The van der Waals surface area contributed by atoms with Crippen LogP contribution in [-0.2, 0) is 14.6 Å². The van der Waals surface area contributed by atoms with Gasteiger partial charge in [0.15, 0.2) is 9.84 Å². The summed E-state index contributed by atoms with van der Waals surface area (Å²) in [5.41, 5.74) is 5.39. The molecule has 1 aliphatic heterocycles. The molecular weight excluding hydrogens is 266 g/mol. The van der Waals surface area contributed by atoms with Crippen LogP contribution in [0, 0.1) is 0 Å². The van der Waals surface area contributed by atoms with E-state index in [-0.39, 0.29) is 23.5 Å². The molecule has 6 nitrogen and oxygen atoms in total. The van der Waals surface area contributed by atoms with Crippen molar-refractivity contribution in [2.75, 3.05) is 31.1 Å². The molecule has 1 unspecified atom stereocenters. The van der Waals surface area contributed by atoms with Gasteiger partial charge in [-0.15, -0.1) is 0 Å². The summed E-state index contributed by atoms with van der Waals surface area (Å²) in [6, 6.07) is 0.161. The predicted molar refractivity (Wildman–Crippen MR) is 73.5 cm³/mol. The van der Waals surface area contributed by atoms with Crippen molar-refractivity contribution in [3.63, 3.8) is 0 Å². The normalized spacial score (nSPS) is 25.7. The third-order valence-electron chi connectivity index (χ3n) is 3.74. The molecule has 1 amide bonds. The number of carbonyl (C=O) groups is 1. The van der Waals surface area contributed by atoms with E-state index in [1.807, 2.05) is 0 Å². The minimum absolute atomic E-state index is 0.226. The molecule has 0 aromatic carbocycles. The van der Waals surface area contributed by atoms with E-state index < -0.39 is 9.84 Å². The lowest BCUT2D eigenvalue weighted by atomic mass is 10.2. The number of nitrogens with zero attached hydrogens (tertiary/aromatic N) is 1. The van der Waals surface area contributed by atoms with Crippen molar-refractivity contribution in [2.24, 2.45) is 5.73 Å². The quantitative estimate of drug-likeness (QED) is 0.661. The van der Waals surface area contributed by atoms with E-state index in [1.165, 1.54) is 0 Å². The van der Waals surface area contributed by atoms with Gasteiger partial charge >= 0.3 is 0 Å². The highest BCUT2D eigenvalue weighted by Gasteiger charge is 2.27. The minimum Gasteiger partial charge on any atom is -0.368 e. The summed E-state index contributed by atoms with van der Waals surface area (Å²) >= 11 is 0. The van der Waals surface area contributed by atoms with Gasteiger partial charge in [-0.2, -0.15) is 0 Å². The molecular formula is C12H23N3O3S. The number of amides is 1. The molecule has 1 saturated heterocycles. The van der Waals surface area contributed by atoms with Crippen molar-refractivity contribution < 1.29 is 13.2 Å². The van der Waals surface area contributed by atoms with Gasteiger partial charge in [0.05, 0.1) is 17.5 Å². The Bertz CT molecular complexity index is 420. The second-order valence-electron chi connectivity index (χ2n) is 5.53. The summed E-state index contributed by atoms with van der Waals surface area (Å²) in [5.74, 6) is 0.197. The first-order chi connectivity index (χ1) is 8.96. The fourth-order valence-electron chi connectivity index (χ4n) is 2.37. The van der Waals surface area contributed by atoms with Crippen molar-refractivity contribution in [3.05, 3.63) is 0 Å². The standard InChI is InChI=1S/C12H23N3O3S/c13-12(16)11(14-10-2-3-10)4-6-15-5-1-8-19(17,18)9-7-15/h10-11,14H,1-9H2,(H2,13,16). The topological polar surface area (TPSA) is 92.5 Å². The van der Waals surface area contributed by atoms with E-state index in [9.17, 15) is 13.2 Å². The molecule has 0 bridgehead atoms. The Labute approximate surface area is 114 Å². The first-order valence-corrected chi connectivity index (χ1v) is 8.76. The first kappa shape index (κ1) is 14.7. The van der Waals surface area contributed by atoms with Crippen molar-refractivity contribution in [1.29, 1.82) is 0 Å². The van der Waals surface area contributed by atoms with Crippen LogP contribution in [0.4, 0.5) is 0 Å². The van der Waals surface area contributed by atoms with E-state index in [0.717, 1.165) is 25.9 Å². The molecule has 1 atom stereocenters. The van der Waals surface area contributed by atoms with Crippen LogP contribution in [0.25, 0.3) is 0 Å². The molecule has 2 rings (SSSR count). The van der Waals surface area contributed by atoms with Crippen LogP contribution in [0.3, 0.4) is 0 Å². The smallest absolute Gasteiger partial charge is 0.234 e. The zero-order valence-corrected chi connectivity index (χ0v) is 12.0. The van der Waals surface area contributed by atoms with E-state index >= 15 is 0 Å². The van der Waals surface area contributed by atoms with E-state index in [1.54, 1.807) is 0 Å². The Balaban J connectivity index is 1.77. The number of nitrogens with one attached hydrogen (secondary N) is 1. The summed E-state index contributed by atoms with van der Waals surface area (Å²) < 4.78 is 23.0. The molecule has 0 aromatic rings. The van der Waals surface area contributed by atoms with Crippen LogP contribution < -0.4 is 11.1 Å². The second-order valence-corrected chi connectivity index (χ2v) is 7.84. The van der Waals surface area contributed by atoms with Crippen LogP contribution >= 0.6 is 0 Å². The zero-order valence-electron chi connectivity index (χ0n) is 11.2. The molecule has 19 heavy (non-hydrogen) atoms. The Hall–Kier alpha value is -0.660. The van der Waals surface area contributed by atoms with E-state index in [0.29, 0.717) is 25.4 Å². The average Bonchev–Trinajstić information content (AvgIpc) is 3.13. The average molecular weight is 289 g/mol. The van der Waals surface area contributed by atoms with Gasteiger partial charge in [-0.05, 0) is 32.2 Å². The Morgan fingerprint density at radius 1 is 1.32 bits per heavy atom. The molecule has 1 aliphatic carbocycles. The third-order valence-corrected chi connectivity index (χ3v) is 5.46. The second kappa shape index (κ2) is 6.19. The fraction of sp³-hybridized carbons (Fsp3) is 0.917. The maximum Gasteiger partial charge on any atom is 0.234 e. The molecule has 0 radical (unpaired) electrons. The number of rotatable bonds is 6. The van der Waals surface area contributed by atoms with Gasteiger partial charge in [0.25, 0.3) is 0 Å². The van der Waals surface area contributed by atoms with Crippen LogP contribution in [0.1, 0.15) is 25.7 Å². The van der Waals surface area contributed by atoms with Gasteiger partial charge in [0.1, 0.15) is 0 Å². The summed E-state index contributed by atoms with van der Waals surface area (Å²) in [6.07, 6.45) is 3.57. The van der Waals surface area contributed by atoms with E-state index in [4.69, 9.17) is 5.73 Å². The monoisotopic (exact) mass is 289 g/mol. The van der Waals surface area contributed by atoms with Crippen molar-refractivity contribution in [2.45, 2.75) is 37.8 Å². The Morgan fingerprint density at radius 3 is 2.68 bits per heavy atom. The van der Waals surface area contributed by atoms with Crippen molar-refractivity contribution >= 4 is 15.7 Å². The molecule has 3 N–H and O–H groups in total. The Morgan fingerprint density at radius 2 is 2.05 bits per heavy atom. The van der Waals surface area contributed by atoms with Crippen LogP contribution in [0.15, 0.2) is 0 Å². The molecule has 1 saturated carbocycles. The molecule has 1 heterocycles. The van der Waals surface area contributed by atoms with Gasteiger partial charge in [0.2, 0.25) is 5.91 Å². The van der Waals surface area contributed by atoms with Crippen LogP contribution in [-0.4, -0.2) is 62.4 Å². The highest BCUT2D eigenvalue weighted by molar-refractivity contribution is 7.91. The van der Waals surface area contributed by atoms with Gasteiger partial charge in [-0.25, -0.2) is 8.42 Å². The predicted octanol–water partition coefficient (Wildman–Crippen LogP) is -0.897. The highest BCUT2D eigenvalue weighted by atomic mass is 32.2. The lowest BCUT2D eigenvalue weighted by molar-refractivity contribution is -0.120. The van der Waals surface area contributed by atoms with Gasteiger partial charge in [0, 0.05) is 19.1 Å². The largest absolute Gasteiger partial charge is 0.368 e. The number of nitrogens with two attached hydrogens (primary N) is 1. The number of hydrogen-bond donors (Lipinski definition) is 2. The zero-order chi connectivity index (χ0) is 13.9. The van der Waals surface area contributed by atoms with E-state index in [2.05, 4.69) is 10.2 Å². The fourth-order valence-corrected chi connectivity index (χ4v) is 3.68. The summed E-state index contributed by atoms with van der Waals surface area (Å²) in [5, 5.41) is 3.24. The Kier molecular flexibility index (Phi) is 4.81. The highest BCUT2D eigenvalue weighted by Crippen LogP contribution is 2.20. The third kappa shape index (κ3) is 5.08. The lowest BCUT2D eigenvalue weighted by Gasteiger charge is -2.22. The van der Waals surface area contributed by atoms with Crippen molar-refractivity contribution in [1.82, 2.24) is 10.2 Å². The summed E-state index contributed by atoms with van der Waals surface area (Å²) in [4.78, 5) is 13.5. The molecule has 0 aromatic heterocycles. The molecule has 110 valence electrons. The number of primary amides is 1. The van der Waals surface area contributed by atoms with Crippen molar-refractivity contribution in [3.8, 4) is 0 Å². The molecule has 7 heteroatoms. The van der Waals surface area contributed by atoms with Gasteiger partial charge < -0.3 is 16.0 Å². The maximum atomic E-state index is 11.5.